The zero-order valence-electron chi connectivity index (χ0n) is 10.5. The van der Waals surface area contributed by atoms with E-state index in [1.54, 1.807) is 0 Å². The molecule has 0 aromatic heterocycles. The van der Waals surface area contributed by atoms with Gasteiger partial charge in [0.2, 0.25) is 0 Å². The summed E-state index contributed by atoms with van der Waals surface area (Å²) in [4.78, 5) is 12.5. The van der Waals surface area contributed by atoms with Crippen LogP contribution in [0.15, 0.2) is 0 Å². The fourth-order valence-electron chi connectivity index (χ4n) is 4.44. The Morgan fingerprint density at radius 3 is 2.25 bits per heavy atom. The largest absolute Gasteiger partial charge is 0.299 e. The molecule has 0 radical (unpaired) electrons. The summed E-state index contributed by atoms with van der Waals surface area (Å²) in [5, 5.41) is 0. The van der Waals surface area contributed by atoms with Crippen molar-refractivity contribution in [2.24, 2.45) is 29.6 Å². The maximum atomic E-state index is 12.5. The maximum Gasteiger partial charge on any atom is 0.139 e. The zero-order valence-corrected chi connectivity index (χ0v) is 10.5. The normalized spacial score (nSPS) is 47.2. The quantitative estimate of drug-likeness (QED) is 0.691. The number of hydrogen-bond donors (Lipinski definition) is 0. The molecule has 1 nitrogen and oxygen atoms in total. The topological polar surface area (TPSA) is 17.1 Å². The molecule has 90 valence electrons. The van der Waals surface area contributed by atoms with Crippen LogP contribution in [0.2, 0.25) is 0 Å². The van der Waals surface area contributed by atoms with E-state index in [1.165, 1.54) is 51.4 Å². The number of hydrogen-bond acceptors (Lipinski definition) is 1. The smallest absolute Gasteiger partial charge is 0.139 e. The summed E-state index contributed by atoms with van der Waals surface area (Å²) < 4.78 is 0. The molecular weight excluding hydrogens is 196 g/mol. The van der Waals surface area contributed by atoms with Crippen LogP contribution in [-0.4, -0.2) is 5.78 Å². The third-order valence-electron chi connectivity index (χ3n) is 5.52. The van der Waals surface area contributed by atoms with Gasteiger partial charge in [0.25, 0.3) is 0 Å². The minimum atomic E-state index is 0.445. The highest BCUT2D eigenvalue weighted by molar-refractivity contribution is 5.84. The van der Waals surface area contributed by atoms with Crippen LogP contribution < -0.4 is 0 Å². The van der Waals surface area contributed by atoms with Gasteiger partial charge in [0.15, 0.2) is 0 Å². The number of rotatable bonds is 2. The van der Waals surface area contributed by atoms with Crippen molar-refractivity contribution in [3.63, 3.8) is 0 Å². The molecule has 16 heavy (non-hydrogen) atoms. The standard InChI is InChI=1S/C15H24O/c1-10-2-5-12(6-3-10)15(16)14-9-11-4-7-13(14)8-11/h10-14H,2-9H2,1H3. The number of ketones is 1. The average Bonchev–Trinajstić information content (AvgIpc) is 2.91. The van der Waals surface area contributed by atoms with Crippen LogP contribution in [-0.2, 0) is 4.79 Å². The van der Waals surface area contributed by atoms with Crippen molar-refractivity contribution in [1.82, 2.24) is 0 Å². The molecule has 0 aliphatic heterocycles. The predicted octanol–water partition coefficient (Wildman–Crippen LogP) is 3.82. The van der Waals surface area contributed by atoms with Gasteiger partial charge in [-0.3, -0.25) is 4.79 Å². The molecule has 3 aliphatic rings. The van der Waals surface area contributed by atoms with Gasteiger partial charge in [-0.1, -0.05) is 26.2 Å². The summed E-state index contributed by atoms with van der Waals surface area (Å²) in [6.45, 7) is 2.33. The van der Waals surface area contributed by atoms with E-state index in [-0.39, 0.29) is 0 Å². The van der Waals surface area contributed by atoms with E-state index in [0.717, 1.165) is 17.8 Å². The zero-order chi connectivity index (χ0) is 11.1. The Hall–Kier alpha value is -0.330. The Labute approximate surface area is 99.0 Å². The highest BCUT2D eigenvalue weighted by atomic mass is 16.1. The summed E-state index contributed by atoms with van der Waals surface area (Å²) in [6, 6.07) is 0. The highest BCUT2D eigenvalue weighted by Crippen LogP contribution is 2.50. The minimum absolute atomic E-state index is 0.445. The first-order valence-electron chi connectivity index (χ1n) is 7.27. The van der Waals surface area contributed by atoms with Crippen LogP contribution in [0.5, 0.6) is 0 Å². The Morgan fingerprint density at radius 1 is 0.938 bits per heavy atom. The molecule has 0 saturated heterocycles. The van der Waals surface area contributed by atoms with Crippen LogP contribution in [0.3, 0.4) is 0 Å². The minimum Gasteiger partial charge on any atom is -0.299 e. The van der Waals surface area contributed by atoms with Crippen molar-refractivity contribution in [3.05, 3.63) is 0 Å². The Kier molecular flexibility index (Phi) is 2.81. The average molecular weight is 220 g/mol. The Balaban J connectivity index is 1.61. The molecule has 3 atom stereocenters. The number of carbonyl (C=O) groups excluding carboxylic acids is 1. The van der Waals surface area contributed by atoms with Crippen LogP contribution in [0, 0.1) is 29.6 Å². The molecule has 0 aromatic rings. The van der Waals surface area contributed by atoms with Gasteiger partial charge in [0.1, 0.15) is 5.78 Å². The summed E-state index contributed by atoms with van der Waals surface area (Å²) in [6.07, 6.45) is 10.3. The molecule has 0 N–H and O–H groups in total. The molecule has 3 saturated carbocycles. The van der Waals surface area contributed by atoms with Gasteiger partial charge in [-0.2, -0.15) is 0 Å². The predicted molar refractivity (Wildman–Crippen MR) is 65.1 cm³/mol. The first kappa shape index (κ1) is 10.8. The van der Waals surface area contributed by atoms with Crippen molar-refractivity contribution in [2.75, 3.05) is 0 Å². The van der Waals surface area contributed by atoms with E-state index in [0.29, 0.717) is 17.6 Å². The summed E-state index contributed by atoms with van der Waals surface area (Å²) in [7, 11) is 0. The first-order chi connectivity index (χ1) is 7.74. The van der Waals surface area contributed by atoms with Crippen molar-refractivity contribution in [1.29, 1.82) is 0 Å². The summed E-state index contributed by atoms with van der Waals surface area (Å²) in [5.74, 6) is 4.17. The van der Waals surface area contributed by atoms with Crippen molar-refractivity contribution in [2.45, 2.75) is 58.3 Å². The van der Waals surface area contributed by atoms with E-state index in [4.69, 9.17) is 0 Å². The van der Waals surface area contributed by atoms with Crippen molar-refractivity contribution < 1.29 is 4.79 Å². The molecule has 3 fully saturated rings. The lowest BCUT2D eigenvalue weighted by Gasteiger charge is -2.30. The fraction of sp³-hybridized carbons (Fsp3) is 0.933. The van der Waals surface area contributed by atoms with Crippen molar-refractivity contribution >= 4 is 5.78 Å². The van der Waals surface area contributed by atoms with Crippen LogP contribution in [0.25, 0.3) is 0 Å². The molecule has 3 rings (SSSR count). The number of carbonyl (C=O) groups is 1. The van der Waals surface area contributed by atoms with Crippen LogP contribution in [0.4, 0.5) is 0 Å². The molecule has 0 aromatic carbocycles. The fourth-order valence-corrected chi connectivity index (χ4v) is 4.44. The van der Waals surface area contributed by atoms with Gasteiger partial charge < -0.3 is 0 Å². The molecule has 3 unspecified atom stereocenters. The maximum absolute atomic E-state index is 12.5. The van der Waals surface area contributed by atoms with E-state index >= 15 is 0 Å². The van der Waals surface area contributed by atoms with E-state index in [1.807, 2.05) is 0 Å². The Morgan fingerprint density at radius 2 is 1.69 bits per heavy atom. The molecule has 0 spiro atoms. The van der Waals surface area contributed by atoms with E-state index in [9.17, 15) is 4.79 Å². The van der Waals surface area contributed by atoms with Gasteiger partial charge in [0, 0.05) is 11.8 Å². The SMILES string of the molecule is CC1CCC(C(=O)C2CC3CCC2C3)CC1. The van der Waals surface area contributed by atoms with Gasteiger partial charge in [-0.05, 0) is 49.9 Å². The second kappa shape index (κ2) is 4.16. The molecular formula is C15H24O. The van der Waals surface area contributed by atoms with Crippen molar-refractivity contribution in [3.8, 4) is 0 Å². The number of fused-ring (bicyclic) bond motifs is 2. The van der Waals surface area contributed by atoms with E-state index < -0.39 is 0 Å². The molecule has 0 amide bonds. The van der Waals surface area contributed by atoms with Gasteiger partial charge in [-0.15, -0.1) is 0 Å². The summed E-state index contributed by atoms with van der Waals surface area (Å²) in [5.41, 5.74) is 0. The molecule has 3 aliphatic carbocycles. The van der Waals surface area contributed by atoms with Crippen LogP contribution in [0.1, 0.15) is 58.3 Å². The van der Waals surface area contributed by atoms with Crippen LogP contribution >= 0.6 is 0 Å². The third kappa shape index (κ3) is 1.83. The highest BCUT2D eigenvalue weighted by Gasteiger charge is 2.44. The second-order valence-electron chi connectivity index (χ2n) is 6.64. The lowest BCUT2D eigenvalue weighted by Crippen LogP contribution is -2.30. The Bertz CT molecular complexity index is 275. The van der Waals surface area contributed by atoms with Gasteiger partial charge in [-0.25, -0.2) is 0 Å². The summed E-state index contributed by atoms with van der Waals surface area (Å²) >= 11 is 0. The van der Waals surface area contributed by atoms with Gasteiger partial charge in [0.05, 0.1) is 0 Å². The molecule has 0 heterocycles. The van der Waals surface area contributed by atoms with Gasteiger partial charge >= 0.3 is 0 Å². The second-order valence-corrected chi connectivity index (χ2v) is 6.64. The first-order valence-corrected chi connectivity index (χ1v) is 7.27. The molecule has 2 bridgehead atoms. The lowest BCUT2D eigenvalue weighted by atomic mass is 9.74. The monoisotopic (exact) mass is 220 g/mol. The molecule has 1 heteroatoms. The lowest BCUT2D eigenvalue weighted by molar-refractivity contribution is -0.129. The number of Topliss-reactive ketones (excluding diaryl/α,β-unsaturated/α-hetero) is 1. The third-order valence-corrected chi connectivity index (χ3v) is 5.52. The van der Waals surface area contributed by atoms with E-state index in [2.05, 4.69) is 6.92 Å².